The molecule has 1 aliphatic rings. The quantitative estimate of drug-likeness (QED) is 0.904. The molecule has 0 unspecified atom stereocenters. The molecule has 3 rings (SSSR count). The van der Waals surface area contributed by atoms with Crippen LogP contribution in [-0.4, -0.2) is 20.1 Å². The summed E-state index contributed by atoms with van der Waals surface area (Å²) in [6.45, 7) is 4.02. The van der Waals surface area contributed by atoms with Crippen molar-refractivity contribution in [2.75, 3.05) is 19.5 Å². The van der Waals surface area contributed by atoms with Gasteiger partial charge in [0.2, 0.25) is 5.91 Å². The lowest BCUT2D eigenvalue weighted by atomic mass is 9.94. The number of para-hydroxylation sites is 1. The summed E-state index contributed by atoms with van der Waals surface area (Å²) in [4.78, 5) is 13.0. The molecule has 0 bridgehead atoms. The fourth-order valence-electron chi connectivity index (χ4n) is 3.15. The highest BCUT2D eigenvalue weighted by atomic mass is 16.5. The van der Waals surface area contributed by atoms with E-state index in [1.54, 1.807) is 14.2 Å². The minimum atomic E-state index is -0.464. The molecule has 1 N–H and O–H groups in total. The number of carbonyl (C=O) groups is 1. The van der Waals surface area contributed by atoms with E-state index in [2.05, 4.69) is 5.32 Å². The number of amides is 1. The summed E-state index contributed by atoms with van der Waals surface area (Å²) in [5, 5.41) is 3.13. The molecule has 0 saturated heterocycles. The third-order valence-electron chi connectivity index (χ3n) is 4.84. The van der Waals surface area contributed by atoms with Gasteiger partial charge in [-0.05, 0) is 55.5 Å². The molecule has 126 valence electrons. The van der Waals surface area contributed by atoms with Crippen molar-refractivity contribution >= 4 is 11.6 Å². The van der Waals surface area contributed by atoms with Gasteiger partial charge in [-0.3, -0.25) is 4.79 Å². The van der Waals surface area contributed by atoms with Gasteiger partial charge in [0, 0.05) is 5.69 Å². The van der Waals surface area contributed by atoms with Gasteiger partial charge in [-0.2, -0.15) is 0 Å². The Morgan fingerprint density at radius 1 is 1.00 bits per heavy atom. The minimum absolute atomic E-state index is 0.0483. The first-order valence-corrected chi connectivity index (χ1v) is 8.12. The van der Waals surface area contributed by atoms with Crippen molar-refractivity contribution in [3.63, 3.8) is 0 Å². The molecule has 0 aromatic heterocycles. The van der Waals surface area contributed by atoms with Crippen LogP contribution < -0.4 is 14.8 Å². The van der Waals surface area contributed by atoms with E-state index in [-0.39, 0.29) is 5.91 Å². The molecule has 1 saturated carbocycles. The van der Waals surface area contributed by atoms with Crippen molar-refractivity contribution < 1.29 is 14.3 Å². The SMILES string of the molecule is COc1ccc(C2(C(=O)Nc3c(C)cccc3C)CC2)cc1OC. The minimum Gasteiger partial charge on any atom is -0.493 e. The van der Waals surface area contributed by atoms with Crippen LogP contribution in [0.2, 0.25) is 0 Å². The number of hydrogen-bond donors (Lipinski definition) is 1. The number of nitrogens with one attached hydrogen (secondary N) is 1. The zero-order valence-corrected chi connectivity index (χ0v) is 14.6. The average molecular weight is 325 g/mol. The van der Waals surface area contributed by atoms with Crippen LogP contribution in [0, 0.1) is 13.8 Å². The highest BCUT2D eigenvalue weighted by molar-refractivity contribution is 6.02. The second kappa shape index (κ2) is 6.19. The van der Waals surface area contributed by atoms with Gasteiger partial charge in [-0.15, -0.1) is 0 Å². The molecule has 0 spiro atoms. The first-order valence-electron chi connectivity index (χ1n) is 8.12. The molecule has 2 aromatic carbocycles. The van der Waals surface area contributed by atoms with Gasteiger partial charge in [-0.25, -0.2) is 0 Å². The molecule has 0 aliphatic heterocycles. The third-order valence-corrected chi connectivity index (χ3v) is 4.84. The summed E-state index contributed by atoms with van der Waals surface area (Å²) in [6.07, 6.45) is 1.69. The number of rotatable bonds is 5. The Hall–Kier alpha value is -2.49. The molecular weight excluding hydrogens is 302 g/mol. The van der Waals surface area contributed by atoms with Crippen molar-refractivity contribution in [2.24, 2.45) is 0 Å². The van der Waals surface area contributed by atoms with Gasteiger partial charge >= 0.3 is 0 Å². The van der Waals surface area contributed by atoms with E-state index in [1.165, 1.54) is 0 Å². The summed E-state index contributed by atoms with van der Waals surface area (Å²) >= 11 is 0. The molecule has 0 atom stereocenters. The predicted octanol–water partition coefficient (Wildman–Crippen LogP) is 3.99. The van der Waals surface area contributed by atoms with Crippen molar-refractivity contribution in [1.29, 1.82) is 0 Å². The van der Waals surface area contributed by atoms with Crippen molar-refractivity contribution in [3.8, 4) is 11.5 Å². The predicted molar refractivity (Wildman–Crippen MR) is 95.0 cm³/mol. The lowest BCUT2D eigenvalue weighted by Crippen LogP contribution is -2.28. The first-order chi connectivity index (χ1) is 11.5. The van der Waals surface area contributed by atoms with Gasteiger partial charge in [0.25, 0.3) is 0 Å². The zero-order chi connectivity index (χ0) is 17.3. The van der Waals surface area contributed by atoms with Crippen LogP contribution in [0.25, 0.3) is 0 Å². The smallest absolute Gasteiger partial charge is 0.235 e. The Morgan fingerprint density at radius 3 is 2.17 bits per heavy atom. The van der Waals surface area contributed by atoms with Gasteiger partial charge < -0.3 is 14.8 Å². The Bertz CT molecular complexity index is 758. The number of anilines is 1. The largest absolute Gasteiger partial charge is 0.493 e. The molecule has 1 aliphatic carbocycles. The number of carbonyl (C=O) groups excluding carboxylic acids is 1. The number of ether oxygens (including phenoxy) is 2. The van der Waals surface area contributed by atoms with E-state index in [0.29, 0.717) is 11.5 Å². The molecule has 1 amide bonds. The summed E-state index contributed by atoms with van der Waals surface area (Å²) in [7, 11) is 3.22. The van der Waals surface area contributed by atoms with Gasteiger partial charge in [0.15, 0.2) is 11.5 Å². The lowest BCUT2D eigenvalue weighted by Gasteiger charge is -2.19. The maximum Gasteiger partial charge on any atom is 0.235 e. The fourth-order valence-corrected chi connectivity index (χ4v) is 3.15. The highest BCUT2D eigenvalue weighted by Crippen LogP contribution is 2.50. The number of benzene rings is 2. The standard InChI is InChI=1S/C20H23NO3/c1-13-6-5-7-14(2)18(13)21-19(22)20(10-11-20)15-8-9-16(23-3)17(12-15)24-4/h5-9,12H,10-11H2,1-4H3,(H,21,22). The number of hydrogen-bond acceptors (Lipinski definition) is 3. The van der Waals surface area contributed by atoms with Crippen LogP contribution in [0.4, 0.5) is 5.69 Å². The Labute approximate surface area is 142 Å². The summed E-state index contributed by atoms with van der Waals surface area (Å²) in [6, 6.07) is 11.8. The van der Waals surface area contributed by atoms with E-state index in [0.717, 1.165) is 35.2 Å². The van der Waals surface area contributed by atoms with E-state index in [9.17, 15) is 4.79 Å². The molecule has 2 aromatic rings. The van der Waals surface area contributed by atoms with Crippen LogP contribution in [0.3, 0.4) is 0 Å². The average Bonchev–Trinajstić information content (AvgIpc) is 3.39. The Balaban J connectivity index is 1.90. The molecule has 0 heterocycles. The topological polar surface area (TPSA) is 47.6 Å². The molecule has 4 nitrogen and oxygen atoms in total. The van der Waals surface area contributed by atoms with Gasteiger partial charge in [0.05, 0.1) is 19.6 Å². The van der Waals surface area contributed by atoms with E-state index in [1.807, 2.05) is 50.2 Å². The van der Waals surface area contributed by atoms with Crippen molar-refractivity contribution in [2.45, 2.75) is 32.1 Å². The van der Waals surface area contributed by atoms with Crippen LogP contribution in [0.5, 0.6) is 11.5 Å². The molecule has 0 radical (unpaired) electrons. The van der Waals surface area contributed by atoms with Crippen molar-refractivity contribution in [1.82, 2.24) is 0 Å². The van der Waals surface area contributed by atoms with E-state index >= 15 is 0 Å². The second-order valence-electron chi connectivity index (χ2n) is 6.37. The van der Waals surface area contributed by atoms with E-state index < -0.39 is 5.41 Å². The van der Waals surface area contributed by atoms with Gasteiger partial charge in [0.1, 0.15) is 0 Å². The summed E-state index contributed by atoms with van der Waals surface area (Å²) < 4.78 is 10.7. The van der Waals surface area contributed by atoms with Crippen LogP contribution in [0.15, 0.2) is 36.4 Å². The van der Waals surface area contributed by atoms with Crippen LogP contribution in [-0.2, 0) is 10.2 Å². The maximum atomic E-state index is 13.0. The molecule has 4 heteroatoms. The van der Waals surface area contributed by atoms with Gasteiger partial charge in [-0.1, -0.05) is 24.3 Å². The number of aryl methyl sites for hydroxylation is 2. The molecule has 24 heavy (non-hydrogen) atoms. The van der Waals surface area contributed by atoms with Crippen LogP contribution in [0.1, 0.15) is 29.5 Å². The summed E-state index contributed by atoms with van der Waals surface area (Å²) in [5.74, 6) is 1.38. The lowest BCUT2D eigenvalue weighted by molar-refractivity contribution is -0.118. The van der Waals surface area contributed by atoms with Crippen LogP contribution >= 0.6 is 0 Å². The Morgan fingerprint density at radius 2 is 1.62 bits per heavy atom. The third kappa shape index (κ3) is 2.73. The second-order valence-corrected chi connectivity index (χ2v) is 6.37. The fraction of sp³-hybridized carbons (Fsp3) is 0.350. The molecular formula is C20H23NO3. The summed E-state index contributed by atoms with van der Waals surface area (Å²) in [5.41, 5.74) is 3.57. The normalized spacial score (nSPS) is 14.8. The first kappa shape index (κ1) is 16.4. The number of methoxy groups -OCH3 is 2. The zero-order valence-electron chi connectivity index (χ0n) is 14.6. The Kier molecular flexibility index (Phi) is 4.22. The molecule has 1 fully saturated rings. The monoisotopic (exact) mass is 325 g/mol. The van der Waals surface area contributed by atoms with E-state index in [4.69, 9.17) is 9.47 Å². The highest BCUT2D eigenvalue weighted by Gasteiger charge is 2.51. The maximum absolute atomic E-state index is 13.0. The van der Waals surface area contributed by atoms with Crippen molar-refractivity contribution in [3.05, 3.63) is 53.1 Å².